The van der Waals surface area contributed by atoms with Crippen molar-refractivity contribution in [3.63, 3.8) is 0 Å². The lowest BCUT2D eigenvalue weighted by Crippen LogP contribution is -2.35. The van der Waals surface area contributed by atoms with E-state index in [2.05, 4.69) is 15.3 Å². The number of amides is 2. The molecule has 5 rings (SSSR count). The topological polar surface area (TPSA) is 96.2 Å². The Bertz CT molecular complexity index is 1220. The first-order chi connectivity index (χ1) is 17.0. The third kappa shape index (κ3) is 4.98. The molecule has 184 valence electrons. The molecule has 2 fully saturated rings. The molecule has 4 heterocycles. The lowest BCUT2D eigenvalue weighted by Gasteiger charge is -2.28. The Morgan fingerprint density at radius 2 is 1.91 bits per heavy atom. The zero-order valence-corrected chi connectivity index (χ0v) is 21.1. The molecule has 1 N–H and O–H groups in total. The summed E-state index contributed by atoms with van der Waals surface area (Å²) in [4.78, 5) is 38.9. The van der Waals surface area contributed by atoms with E-state index in [-0.39, 0.29) is 24.2 Å². The van der Waals surface area contributed by atoms with E-state index in [4.69, 9.17) is 9.97 Å². The number of aryl methyl sites for hydroxylation is 1. The highest BCUT2D eigenvalue weighted by molar-refractivity contribution is 7.98. The highest BCUT2D eigenvalue weighted by atomic mass is 32.2. The van der Waals surface area contributed by atoms with E-state index in [9.17, 15) is 9.59 Å². The summed E-state index contributed by atoms with van der Waals surface area (Å²) in [5.41, 5.74) is 2.77. The minimum absolute atomic E-state index is 0.0152. The number of benzene rings is 1. The van der Waals surface area contributed by atoms with Crippen LogP contribution in [0.5, 0.6) is 0 Å². The van der Waals surface area contributed by atoms with Gasteiger partial charge in [-0.1, -0.05) is 29.5 Å². The number of carbonyl (C=O) groups excluding carboxylic acids is 2. The van der Waals surface area contributed by atoms with E-state index in [1.54, 1.807) is 4.90 Å². The number of hydrogen-bond donors (Lipinski definition) is 1. The number of hydrogen-bond acceptors (Lipinski definition) is 7. The number of anilines is 2. The number of fused-ring (bicyclic) bond motifs is 1. The molecule has 10 heteroatoms. The van der Waals surface area contributed by atoms with E-state index in [0.29, 0.717) is 19.6 Å². The van der Waals surface area contributed by atoms with Gasteiger partial charge in [0, 0.05) is 38.3 Å². The summed E-state index contributed by atoms with van der Waals surface area (Å²) in [5.74, 6) is 0.487. The van der Waals surface area contributed by atoms with Crippen molar-refractivity contribution in [1.29, 1.82) is 0 Å². The largest absolute Gasteiger partial charge is 0.356 e. The Hall–Kier alpha value is -3.14. The van der Waals surface area contributed by atoms with Crippen LogP contribution in [0.15, 0.2) is 35.6 Å². The van der Waals surface area contributed by atoms with E-state index >= 15 is 0 Å². The SMILES string of the molecule is CSc1nc(N2CCCCC2)c2cnn(CCNC(=O)C3CC(=O)N(c4ccc(C)cc4)C3)c2n1. The standard InChI is InChI=1S/C25H31N7O2S/c1-17-6-8-19(9-7-17)31-16-18(14-21(31)33)24(34)26-10-13-32-23-20(15-27-32)22(28-25(29-23)35-2)30-11-4-3-5-12-30/h6-9,15,18H,3-5,10-14,16H2,1-2H3,(H,26,34). The first kappa shape index (κ1) is 23.6. The van der Waals surface area contributed by atoms with Gasteiger partial charge in [0.2, 0.25) is 11.8 Å². The van der Waals surface area contributed by atoms with Crippen molar-refractivity contribution in [3.8, 4) is 0 Å². The number of carbonyl (C=O) groups is 2. The van der Waals surface area contributed by atoms with Crippen LogP contribution in [0.4, 0.5) is 11.5 Å². The van der Waals surface area contributed by atoms with Gasteiger partial charge in [-0.2, -0.15) is 5.10 Å². The van der Waals surface area contributed by atoms with Crippen molar-refractivity contribution in [2.45, 2.75) is 44.3 Å². The molecule has 2 aromatic heterocycles. The summed E-state index contributed by atoms with van der Waals surface area (Å²) >= 11 is 1.52. The molecule has 2 aliphatic heterocycles. The van der Waals surface area contributed by atoms with Crippen LogP contribution in [-0.2, 0) is 16.1 Å². The van der Waals surface area contributed by atoms with Gasteiger partial charge in [-0.25, -0.2) is 14.6 Å². The fraction of sp³-hybridized carbons (Fsp3) is 0.480. The molecule has 0 radical (unpaired) electrons. The number of piperidine rings is 1. The van der Waals surface area contributed by atoms with Crippen molar-refractivity contribution >= 4 is 46.1 Å². The van der Waals surface area contributed by atoms with Gasteiger partial charge in [0.1, 0.15) is 5.82 Å². The Morgan fingerprint density at radius 3 is 2.66 bits per heavy atom. The molecule has 2 saturated heterocycles. The van der Waals surface area contributed by atoms with Crippen LogP contribution < -0.4 is 15.1 Å². The van der Waals surface area contributed by atoms with E-state index in [0.717, 1.165) is 46.3 Å². The van der Waals surface area contributed by atoms with Crippen LogP contribution in [0, 0.1) is 12.8 Å². The van der Waals surface area contributed by atoms with Gasteiger partial charge in [-0.15, -0.1) is 0 Å². The number of nitrogens with one attached hydrogen (secondary N) is 1. The zero-order valence-electron chi connectivity index (χ0n) is 20.2. The first-order valence-corrected chi connectivity index (χ1v) is 13.4. The molecular formula is C25H31N7O2S. The number of aromatic nitrogens is 4. The van der Waals surface area contributed by atoms with Gasteiger partial charge >= 0.3 is 0 Å². The number of nitrogens with zero attached hydrogens (tertiary/aromatic N) is 6. The smallest absolute Gasteiger partial charge is 0.227 e. The predicted molar refractivity (Wildman–Crippen MR) is 138 cm³/mol. The maximum absolute atomic E-state index is 12.8. The second kappa shape index (κ2) is 10.2. The summed E-state index contributed by atoms with van der Waals surface area (Å²) < 4.78 is 1.84. The maximum atomic E-state index is 12.8. The van der Waals surface area contributed by atoms with Gasteiger partial charge < -0.3 is 15.1 Å². The predicted octanol–water partition coefficient (Wildman–Crippen LogP) is 3.02. The first-order valence-electron chi connectivity index (χ1n) is 12.2. The van der Waals surface area contributed by atoms with Gasteiger partial charge in [-0.05, 0) is 44.6 Å². The highest BCUT2D eigenvalue weighted by Crippen LogP contribution is 2.29. The summed E-state index contributed by atoms with van der Waals surface area (Å²) in [7, 11) is 0. The molecule has 3 aromatic rings. The average Bonchev–Trinajstić information content (AvgIpc) is 3.48. The maximum Gasteiger partial charge on any atom is 0.227 e. The summed E-state index contributed by atoms with van der Waals surface area (Å²) in [6.45, 7) is 5.34. The Labute approximate surface area is 209 Å². The Kier molecular flexibility index (Phi) is 6.90. The third-order valence-electron chi connectivity index (χ3n) is 6.76. The fourth-order valence-electron chi connectivity index (χ4n) is 4.81. The number of thioether (sulfide) groups is 1. The zero-order chi connectivity index (χ0) is 24.4. The van der Waals surface area contributed by atoms with Gasteiger partial charge in [0.15, 0.2) is 10.8 Å². The van der Waals surface area contributed by atoms with E-state index in [1.165, 1.54) is 31.0 Å². The minimum atomic E-state index is -0.353. The van der Waals surface area contributed by atoms with Crippen molar-refractivity contribution in [3.05, 3.63) is 36.0 Å². The normalized spacial score (nSPS) is 18.5. The van der Waals surface area contributed by atoms with Crippen LogP contribution in [0.1, 0.15) is 31.2 Å². The van der Waals surface area contributed by atoms with Crippen LogP contribution >= 0.6 is 11.8 Å². The second-order valence-electron chi connectivity index (χ2n) is 9.22. The molecule has 2 amide bonds. The van der Waals surface area contributed by atoms with Crippen molar-refractivity contribution in [1.82, 2.24) is 25.1 Å². The summed E-state index contributed by atoms with van der Waals surface area (Å²) in [6, 6.07) is 7.82. The van der Waals surface area contributed by atoms with E-state index in [1.807, 2.05) is 48.3 Å². The molecule has 35 heavy (non-hydrogen) atoms. The highest BCUT2D eigenvalue weighted by Gasteiger charge is 2.35. The van der Waals surface area contributed by atoms with Gasteiger partial charge in [-0.3, -0.25) is 9.59 Å². The summed E-state index contributed by atoms with van der Waals surface area (Å²) in [6.07, 6.45) is 7.64. The number of rotatable bonds is 7. The molecule has 0 aliphatic carbocycles. The minimum Gasteiger partial charge on any atom is -0.356 e. The lowest BCUT2D eigenvalue weighted by molar-refractivity contribution is -0.126. The molecule has 9 nitrogen and oxygen atoms in total. The molecule has 1 aromatic carbocycles. The van der Waals surface area contributed by atoms with Gasteiger partial charge in [0.25, 0.3) is 0 Å². The van der Waals surface area contributed by atoms with Crippen molar-refractivity contribution in [2.24, 2.45) is 5.92 Å². The van der Waals surface area contributed by atoms with Crippen LogP contribution in [0.2, 0.25) is 0 Å². The molecular weight excluding hydrogens is 462 g/mol. The molecule has 0 bridgehead atoms. The molecule has 0 saturated carbocycles. The summed E-state index contributed by atoms with van der Waals surface area (Å²) in [5, 5.41) is 9.23. The van der Waals surface area contributed by atoms with E-state index < -0.39 is 0 Å². The Balaban J connectivity index is 1.23. The lowest BCUT2D eigenvalue weighted by atomic mass is 10.1. The third-order valence-corrected chi connectivity index (χ3v) is 7.31. The molecule has 2 aliphatic rings. The van der Waals surface area contributed by atoms with Crippen LogP contribution in [0.3, 0.4) is 0 Å². The molecule has 1 atom stereocenters. The average molecular weight is 494 g/mol. The monoisotopic (exact) mass is 493 g/mol. The Morgan fingerprint density at radius 1 is 1.14 bits per heavy atom. The van der Waals surface area contributed by atoms with Crippen LogP contribution in [0.25, 0.3) is 11.0 Å². The van der Waals surface area contributed by atoms with Crippen molar-refractivity contribution < 1.29 is 9.59 Å². The van der Waals surface area contributed by atoms with Crippen LogP contribution in [-0.4, -0.2) is 64.0 Å². The molecule has 1 unspecified atom stereocenters. The van der Waals surface area contributed by atoms with Crippen molar-refractivity contribution in [2.75, 3.05) is 42.2 Å². The molecule has 0 spiro atoms. The second-order valence-corrected chi connectivity index (χ2v) is 9.99. The quantitative estimate of drug-likeness (QED) is 0.399. The van der Waals surface area contributed by atoms with Gasteiger partial charge in [0.05, 0.1) is 24.0 Å². The fourth-order valence-corrected chi connectivity index (χ4v) is 5.16.